The van der Waals surface area contributed by atoms with Crippen LogP contribution >= 0.6 is 27.3 Å². The Hall–Kier alpha value is -0.350. The van der Waals surface area contributed by atoms with Gasteiger partial charge in [-0.1, -0.05) is 13.8 Å². The maximum absolute atomic E-state index is 12.4. The second kappa shape index (κ2) is 5.33. The number of halogens is 1. The third kappa shape index (κ3) is 2.97. The molecule has 0 aromatic carbocycles. The van der Waals surface area contributed by atoms with Gasteiger partial charge in [0.1, 0.15) is 4.88 Å². The molecule has 0 radical (unpaired) electrons. The second-order valence-electron chi connectivity index (χ2n) is 5.91. The van der Waals surface area contributed by atoms with Gasteiger partial charge in [0.2, 0.25) is 0 Å². The number of hydrogen-bond acceptors (Lipinski definition) is 2. The highest BCUT2D eigenvalue weighted by Crippen LogP contribution is 2.37. The average molecular weight is 330 g/mol. The zero-order chi connectivity index (χ0) is 13.3. The van der Waals surface area contributed by atoms with Gasteiger partial charge < -0.3 is 4.90 Å². The SMILES string of the molecule is CN(C(=O)c1sccc1Br)C1CCC(C)(C)CC1. The number of rotatable bonds is 2. The summed E-state index contributed by atoms with van der Waals surface area (Å²) in [6.45, 7) is 4.64. The fraction of sp³-hybridized carbons (Fsp3) is 0.643. The molecule has 0 bridgehead atoms. The summed E-state index contributed by atoms with van der Waals surface area (Å²) in [4.78, 5) is 15.2. The van der Waals surface area contributed by atoms with Gasteiger partial charge in [-0.05, 0) is 58.5 Å². The number of carbonyl (C=O) groups is 1. The van der Waals surface area contributed by atoms with Crippen molar-refractivity contribution in [3.63, 3.8) is 0 Å². The van der Waals surface area contributed by atoms with Gasteiger partial charge in [0, 0.05) is 17.6 Å². The van der Waals surface area contributed by atoms with Crippen LogP contribution in [-0.2, 0) is 0 Å². The van der Waals surface area contributed by atoms with Crippen LogP contribution in [0.2, 0.25) is 0 Å². The van der Waals surface area contributed by atoms with Crippen molar-refractivity contribution in [2.24, 2.45) is 5.41 Å². The fourth-order valence-electron chi connectivity index (χ4n) is 2.54. The minimum atomic E-state index is 0.154. The Morgan fingerprint density at radius 1 is 1.44 bits per heavy atom. The van der Waals surface area contributed by atoms with Crippen molar-refractivity contribution in [1.82, 2.24) is 4.90 Å². The highest BCUT2D eigenvalue weighted by Gasteiger charge is 2.31. The zero-order valence-corrected chi connectivity index (χ0v) is 13.6. The molecule has 1 aromatic heterocycles. The van der Waals surface area contributed by atoms with Gasteiger partial charge in [-0.25, -0.2) is 0 Å². The van der Waals surface area contributed by atoms with Crippen LogP contribution in [0.3, 0.4) is 0 Å². The van der Waals surface area contributed by atoms with E-state index in [0.717, 1.165) is 22.2 Å². The van der Waals surface area contributed by atoms with E-state index in [-0.39, 0.29) is 5.91 Å². The molecule has 1 aliphatic carbocycles. The monoisotopic (exact) mass is 329 g/mol. The molecule has 1 fully saturated rings. The molecule has 1 aromatic rings. The van der Waals surface area contributed by atoms with Crippen LogP contribution in [0, 0.1) is 5.41 Å². The third-order valence-electron chi connectivity index (χ3n) is 3.99. The molecule has 0 aliphatic heterocycles. The first-order chi connectivity index (χ1) is 8.41. The van der Waals surface area contributed by atoms with E-state index >= 15 is 0 Å². The van der Waals surface area contributed by atoms with Gasteiger partial charge in [0.15, 0.2) is 0 Å². The summed E-state index contributed by atoms with van der Waals surface area (Å²) < 4.78 is 0.917. The Kier molecular flexibility index (Phi) is 4.17. The predicted molar refractivity (Wildman–Crippen MR) is 80.1 cm³/mol. The normalized spacial score (nSPS) is 19.8. The van der Waals surface area contributed by atoms with Crippen molar-refractivity contribution in [1.29, 1.82) is 0 Å². The predicted octanol–water partition coefficient (Wildman–Crippen LogP) is 4.55. The van der Waals surface area contributed by atoms with E-state index in [1.165, 1.54) is 24.2 Å². The van der Waals surface area contributed by atoms with E-state index < -0.39 is 0 Å². The number of hydrogen-bond donors (Lipinski definition) is 0. The summed E-state index contributed by atoms with van der Waals surface area (Å²) in [5.74, 6) is 0.154. The Bertz CT molecular complexity index is 431. The minimum Gasteiger partial charge on any atom is -0.338 e. The van der Waals surface area contributed by atoms with Crippen LogP contribution in [0.15, 0.2) is 15.9 Å². The summed E-state index contributed by atoms with van der Waals surface area (Å²) in [5.41, 5.74) is 0.448. The summed E-state index contributed by atoms with van der Waals surface area (Å²) in [5, 5.41) is 1.95. The van der Waals surface area contributed by atoms with Gasteiger partial charge in [0.25, 0.3) is 5.91 Å². The molecule has 100 valence electrons. The van der Waals surface area contributed by atoms with Crippen LogP contribution < -0.4 is 0 Å². The van der Waals surface area contributed by atoms with Gasteiger partial charge in [-0.3, -0.25) is 4.79 Å². The van der Waals surface area contributed by atoms with Gasteiger partial charge >= 0.3 is 0 Å². The van der Waals surface area contributed by atoms with Crippen molar-refractivity contribution in [3.05, 3.63) is 20.8 Å². The molecule has 1 heterocycles. The molecule has 1 aliphatic rings. The summed E-state index contributed by atoms with van der Waals surface area (Å²) in [7, 11) is 1.94. The van der Waals surface area contributed by atoms with Crippen LogP contribution in [0.5, 0.6) is 0 Å². The molecule has 1 amide bonds. The molecule has 0 saturated heterocycles. The minimum absolute atomic E-state index is 0.154. The molecule has 1 saturated carbocycles. The molecule has 0 atom stereocenters. The van der Waals surface area contributed by atoms with Crippen LogP contribution in [-0.4, -0.2) is 23.9 Å². The standard InChI is InChI=1S/C14H20BrNOS/c1-14(2)7-4-10(5-8-14)16(3)13(17)12-11(15)6-9-18-12/h6,9-10H,4-5,7-8H2,1-3H3. The number of nitrogens with zero attached hydrogens (tertiary/aromatic N) is 1. The number of amides is 1. The quantitative estimate of drug-likeness (QED) is 0.779. The van der Waals surface area contributed by atoms with E-state index in [0.29, 0.717) is 11.5 Å². The number of carbonyl (C=O) groups excluding carboxylic acids is 1. The molecule has 0 N–H and O–H groups in total. The van der Waals surface area contributed by atoms with Crippen LogP contribution in [0.4, 0.5) is 0 Å². The lowest BCUT2D eigenvalue weighted by molar-refractivity contribution is 0.0639. The Morgan fingerprint density at radius 2 is 2.06 bits per heavy atom. The van der Waals surface area contributed by atoms with Crippen LogP contribution in [0.25, 0.3) is 0 Å². The van der Waals surface area contributed by atoms with Crippen molar-refractivity contribution < 1.29 is 4.79 Å². The highest BCUT2D eigenvalue weighted by molar-refractivity contribution is 9.10. The fourth-order valence-corrected chi connectivity index (χ4v) is 4.07. The first kappa shape index (κ1) is 14.1. The van der Waals surface area contributed by atoms with Crippen molar-refractivity contribution >= 4 is 33.2 Å². The molecular weight excluding hydrogens is 310 g/mol. The van der Waals surface area contributed by atoms with Crippen molar-refractivity contribution in [2.45, 2.75) is 45.6 Å². The summed E-state index contributed by atoms with van der Waals surface area (Å²) in [6, 6.07) is 2.34. The molecule has 0 spiro atoms. The van der Waals surface area contributed by atoms with E-state index in [1.54, 1.807) is 0 Å². The lowest BCUT2D eigenvalue weighted by Crippen LogP contribution is -2.40. The third-order valence-corrected chi connectivity index (χ3v) is 5.81. The first-order valence-corrected chi connectivity index (χ1v) is 8.08. The summed E-state index contributed by atoms with van der Waals surface area (Å²) in [6.07, 6.45) is 4.66. The zero-order valence-electron chi connectivity index (χ0n) is 11.2. The van der Waals surface area contributed by atoms with Crippen LogP contribution in [0.1, 0.15) is 49.2 Å². The van der Waals surface area contributed by atoms with E-state index in [1.807, 2.05) is 23.4 Å². The number of thiophene rings is 1. The molecule has 2 rings (SSSR count). The summed E-state index contributed by atoms with van der Waals surface area (Å²) >= 11 is 4.95. The van der Waals surface area contributed by atoms with Crippen molar-refractivity contribution in [3.8, 4) is 0 Å². The molecule has 0 unspecified atom stereocenters. The van der Waals surface area contributed by atoms with Gasteiger partial charge in [-0.15, -0.1) is 11.3 Å². The second-order valence-corrected chi connectivity index (χ2v) is 7.68. The van der Waals surface area contributed by atoms with E-state index in [4.69, 9.17) is 0 Å². The lowest BCUT2D eigenvalue weighted by Gasteiger charge is -2.38. The Labute approximate surface area is 122 Å². The smallest absolute Gasteiger partial charge is 0.265 e. The van der Waals surface area contributed by atoms with Gasteiger partial charge in [-0.2, -0.15) is 0 Å². The highest BCUT2D eigenvalue weighted by atomic mass is 79.9. The van der Waals surface area contributed by atoms with Crippen molar-refractivity contribution in [2.75, 3.05) is 7.05 Å². The Balaban J connectivity index is 2.02. The molecule has 4 heteroatoms. The average Bonchev–Trinajstić information content (AvgIpc) is 2.73. The molecule has 2 nitrogen and oxygen atoms in total. The largest absolute Gasteiger partial charge is 0.338 e. The van der Waals surface area contributed by atoms with E-state index in [2.05, 4.69) is 29.8 Å². The van der Waals surface area contributed by atoms with Gasteiger partial charge in [0.05, 0.1) is 0 Å². The topological polar surface area (TPSA) is 20.3 Å². The lowest BCUT2D eigenvalue weighted by atomic mass is 9.75. The molecule has 18 heavy (non-hydrogen) atoms. The molecular formula is C14H20BrNOS. The first-order valence-electron chi connectivity index (χ1n) is 6.41. The maximum atomic E-state index is 12.4. The maximum Gasteiger partial charge on any atom is 0.265 e. The van der Waals surface area contributed by atoms with E-state index in [9.17, 15) is 4.79 Å². The Morgan fingerprint density at radius 3 is 2.56 bits per heavy atom.